The molecule has 1 aromatic heterocycles. The van der Waals surface area contributed by atoms with E-state index >= 15 is 0 Å². The molecule has 1 heterocycles. The van der Waals surface area contributed by atoms with Crippen LogP contribution in [-0.2, 0) is 4.74 Å². The fourth-order valence-electron chi connectivity index (χ4n) is 1.69. The second-order valence-electron chi connectivity index (χ2n) is 4.09. The molecule has 0 spiro atoms. The number of methoxy groups -OCH3 is 1. The van der Waals surface area contributed by atoms with Crippen LogP contribution in [-0.4, -0.2) is 42.1 Å². The number of halogens is 1. The van der Waals surface area contributed by atoms with Gasteiger partial charge in [-0.25, -0.2) is 4.98 Å². The van der Waals surface area contributed by atoms with Gasteiger partial charge in [-0.05, 0) is 25.0 Å². The molecule has 0 bridgehead atoms. The van der Waals surface area contributed by atoms with E-state index in [4.69, 9.17) is 16.3 Å². The minimum absolute atomic E-state index is 0.00807. The van der Waals surface area contributed by atoms with E-state index in [0.717, 1.165) is 12.8 Å². The van der Waals surface area contributed by atoms with Crippen molar-refractivity contribution in [1.29, 1.82) is 0 Å². The SMILES string of the molecule is COCCN(C(=O)c1ccc(Cl)nc1)C1CC1. The first-order chi connectivity index (χ1) is 8.22. The van der Waals surface area contributed by atoms with Crippen molar-refractivity contribution in [2.45, 2.75) is 18.9 Å². The number of carbonyl (C=O) groups is 1. The van der Waals surface area contributed by atoms with Crippen LogP contribution >= 0.6 is 11.6 Å². The van der Waals surface area contributed by atoms with E-state index in [1.54, 1.807) is 19.2 Å². The number of pyridine rings is 1. The van der Waals surface area contributed by atoms with Gasteiger partial charge in [0.25, 0.3) is 5.91 Å². The summed E-state index contributed by atoms with van der Waals surface area (Å²) in [4.78, 5) is 18.0. The lowest BCUT2D eigenvalue weighted by Crippen LogP contribution is -2.35. The Morgan fingerprint density at radius 2 is 2.35 bits per heavy atom. The molecule has 0 unspecified atom stereocenters. The van der Waals surface area contributed by atoms with Crippen molar-refractivity contribution in [2.24, 2.45) is 0 Å². The summed E-state index contributed by atoms with van der Waals surface area (Å²) >= 11 is 5.70. The van der Waals surface area contributed by atoms with Crippen molar-refractivity contribution in [3.05, 3.63) is 29.0 Å². The number of rotatable bonds is 5. The lowest BCUT2D eigenvalue weighted by atomic mass is 10.2. The van der Waals surface area contributed by atoms with E-state index in [9.17, 15) is 4.79 Å². The molecule has 1 aliphatic rings. The van der Waals surface area contributed by atoms with Gasteiger partial charge in [-0.3, -0.25) is 4.79 Å². The van der Waals surface area contributed by atoms with Gasteiger partial charge in [0.2, 0.25) is 0 Å². The molecule has 17 heavy (non-hydrogen) atoms. The summed E-state index contributed by atoms with van der Waals surface area (Å²) in [5.74, 6) is 0.00807. The van der Waals surface area contributed by atoms with Gasteiger partial charge in [-0.2, -0.15) is 0 Å². The van der Waals surface area contributed by atoms with Crippen LogP contribution < -0.4 is 0 Å². The molecule has 0 N–H and O–H groups in total. The van der Waals surface area contributed by atoms with E-state index in [1.807, 2.05) is 4.90 Å². The number of hydrogen-bond acceptors (Lipinski definition) is 3. The molecule has 0 aliphatic heterocycles. The third-order valence-corrected chi connectivity index (χ3v) is 2.98. The first-order valence-electron chi connectivity index (χ1n) is 5.64. The first-order valence-corrected chi connectivity index (χ1v) is 6.01. The van der Waals surface area contributed by atoms with Crippen molar-refractivity contribution >= 4 is 17.5 Å². The highest BCUT2D eigenvalue weighted by atomic mass is 35.5. The van der Waals surface area contributed by atoms with Crippen LogP contribution in [0, 0.1) is 0 Å². The van der Waals surface area contributed by atoms with Crippen LogP contribution in [0.25, 0.3) is 0 Å². The minimum Gasteiger partial charge on any atom is -0.383 e. The smallest absolute Gasteiger partial charge is 0.255 e. The third kappa shape index (κ3) is 3.17. The number of aromatic nitrogens is 1. The standard InChI is InChI=1S/C12H15ClN2O2/c1-17-7-6-15(10-3-4-10)12(16)9-2-5-11(13)14-8-9/h2,5,8,10H,3-4,6-7H2,1H3. The highest BCUT2D eigenvalue weighted by Gasteiger charge is 2.32. The maximum Gasteiger partial charge on any atom is 0.255 e. The van der Waals surface area contributed by atoms with Crippen molar-refractivity contribution in [3.63, 3.8) is 0 Å². The van der Waals surface area contributed by atoms with E-state index in [2.05, 4.69) is 4.98 Å². The zero-order valence-electron chi connectivity index (χ0n) is 9.73. The summed E-state index contributed by atoms with van der Waals surface area (Å²) in [7, 11) is 1.64. The molecule has 4 nitrogen and oxygen atoms in total. The van der Waals surface area contributed by atoms with Crippen LogP contribution in [0.2, 0.25) is 5.15 Å². The molecule has 1 aromatic rings. The summed E-state index contributed by atoms with van der Waals surface area (Å²) in [5.41, 5.74) is 0.581. The molecular weight excluding hydrogens is 240 g/mol. The Balaban J connectivity index is 2.07. The van der Waals surface area contributed by atoms with Crippen LogP contribution in [0.4, 0.5) is 0 Å². The summed E-state index contributed by atoms with van der Waals surface area (Å²) in [6.07, 6.45) is 3.68. The molecule has 1 aliphatic carbocycles. The van der Waals surface area contributed by atoms with Crippen LogP contribution in [0.15, 0.2) is 18.3 Å². The molecule has 2 rings (SSSR count). The zero-order chi connectivity index (χ0) is 12.3. The average Bonchev–Trinajstić information content (AvgIpc) is 3.14. The van der Waals surface area contributed by atoms with Crippen molar-refractivity contribution in [1.82, 2.24) is 9.88 Å². The minimum atomic E-state index is 0.00807. The Morgan fingerprint density at radius 3 is 2.88 bits per heavy atom. The van der Waals surface area contributed by atoms with Gasteiger partial charge in [0.05, 0.1) is 12.2 Å². The van der Waals surface area contributed by atoms with Crippen LogP contribution in [0.3, 0.4) is 0 Å². The average molecular weight is 255 g/mol. The van der Waals surface area contributed by atoms with E-state index < -0.39 is 0 Å². The lowest BCUT2D eigenvalue weighted by molar-refractivity contribution is 0.0680. The predicted molar refractivity (Wildman–Crippen MR) is 65.2 cm³/mol. The highest BCUT2D eigenvalue weighted by Crippen LogP contribution is 2.28. The van der Waals surface area contributed by atoms with E-state index in [1.165, 1.54) is 6.20 Å². The van der Waals surface area contributed by atoms with Gasteiger partial charge in [0.1, 0.15) is 5.15 Å². The van der Waals surface area contributed by atoms with Crippen LogP contribution in [0.5, 0.6) is 0 Å². The quantitative estimate of drug-likeness (QED) is 0.755. The number of carbonyl (C=O) groups excluding carboxylic acids is 1. The molecule has 1 fully saturated rings. The third-order valence-electron chi connectivity index (χ3n) is 2.76. The number of amides is 1. The molecule has 1 saturated carbocycles. The maximum atomic E-state index is 12.2. The van der Waals surface area contributed by atoms with Crippen molar-refractivity contribution in [2.75, 3.05) is 20.3 Å². The molecule has 0 aromatic carbocycles. The normalized spacial score (nSPS) is 14.7. The molecule has 0 atom stereocenters. The second kappa shape index (κ2) is 5.47. The van der Waals surface area contributed by atoms with Gasteiger partial charge in [-0.1, -0.05) is 11.6 Å². The predicted octanol–water partition coefficient (Wildman–Crippen LogP) is 1.99. The molecule has 5 heteroatoms. The summed E-state index contributed by atoms with van der Waals surface area (Å²) in [5, 5.41) is 0.399. The number of nitrogens with zero attached hydrogens (tertiary/aromatic N) is 2. The Bertz CT molecular complexity index is 390. The number of ether oxygens (including phenoxy) is 1. The summed E-state index contributed by atoms with van der Waals surface area (Å²) in [6.45, 7) is 1.19. The molecule has 0 saturated heterocycles. The second-order valence-corrected chi connectivity index (χ2v) is 4.48. The monoisotopic (exact) mass is 254 g/mol. The lowest BCUT2D eigenvalue weighted by Gasteiger charge is -2.21. The Labute approximate surface area is 106 Å². The molecular formula is C12H15ClN2O2. The van der Waals surface area contributed by atoms with Gasteiger partial charge >= 0.3 is 0 Å². The maximum absolute atomic E-state index is 12.2. The first kappa shape index (κ1) is 12.3. The Kier molecular flexibility index (Phi) is 3.97. The summed E-state index contributed by atoms with van der Waals surface area (Å²) in [6, 6.07) is 3.71. The summed E-state index contributed by atoms with van der Waals surface area (Å²) < 4.78 is 5.02. The van der Waals surface area contributed by atoms with Crippen LogP contribution in [0.1, 0.15) is 23.2 Å². The van der Waals surface area contributed by atoms with Crippen molar-refractivity contribution in [3.8, 4) is 0 Å². The van der Waals surface area contributed by atoms with E-state index in [-0.39, 0.29) is 5.91 Å². The largest absolute Gasteiger partial charge is 0.383 e. The molecule has 0 radical (unpaired) electrons. The fourth-order valence-corrected chi connectivity index (χ4v) is 1.81. The highest BCUT2D eigenvalue weighted by molar-refractivity contribution is 6.29. The number of hydrogen-bond donors (Lipinski definition) is 0. The topological polar surface area (TPSA) is 42.4 Å². The van der Waals surface area contributed by atoms with Gasteiger partial charge in [0, 0.05) is 25.9 Å². The Hall–Kier alpha value is -1.13. The van der Waals surface area contributed by atoms with Gasteiger partial charge in [0.15, 0.2) is 0 Å². The Morgan fingerprint density at radius 1 is 1.59 bits per heavy atom. The molecule has 92 valence electrons. The molecule has 1 amide bonds. The van der Waals surface area contributed by atoms with Gasteiger partial charge in [-0.15, -0.1) is 0 Å². The zero-order valence-corrected chi connectivity index (χ0v) is 10.5. The van der Waals surface area contributed by atoms with E-state index in [0.29, 0.717) is 29.9 Å². The fraction of sp³-hybridized carbons (Fsp3) is 0.500. The van der Waals surface area contributed by atoms with Crippen molar-refractivity contribution < 1.29 is 9.53 Å². The van der Waals surface area contributed by atoms with Gasteiger partial charge < -0.3 is 9.64 Å².